The number of carbonyl (C=O) groups excluding carboxylic acids is 1. The van der Waals surface area contributed by atoms with E-state index in [2.05, 4.69) is 14.9 Å². The summed E-state index contributed by atoms with van der Waals surface area (Å²) in [5, 5.41) is 0. The van der Waals surface area contributed by atoms with E-state index >= 15 is 0 Å². The van der Waals surface area contributed by atoms with Gasteiger partial charge in [-0.1, -0.05) is 0 Å². The number of anilines is 1. The quantitative estimate of drug-likeness (QED) is 0.793. The Bertz CT molecular complexity index is 455. The van der Waals surface area contributed by atoms with Crippen molar-refractivity contribution in [2.75, 3.05) is 30.8 Å². The van der Waals surface area contributed by atoms with Gasteiger partial charge in [0.25, 0.3) is 5.91 Å². The predicted molar refractivity (Wildman–Crippen MR) is 72.4 cm³/mol. The molecule has 0 saturated carbocycles. The fraction of sp³-hybridized carbons (Fsp3) is 0.545. The summed E-state index contributed by atoms with van der Waals surface area (Å²) in [6.07, 6.45) is 0. The number of primary amides is 1. The summed E-state index contributed by atoms with van der Waals surface area (Å²) in [6.45, 7) is 2.73. The van der Waals surface area contributed by atoms with E-state index in [1.807, 2.05) is 18.8 Å². The van der Waals surface area contributed by atoms with Gasteiger partial charge in [-0.3, -0.25) is 9.69 Å². The molecule has 2 rings (SSSR count). The first-order valence-corrected chi connectivity index (χ1v) is 6.88. The van der Waals surface area contributed by atoms with Crippen molar-refractivity contribution in [2.24, 2.45) is 5.73 Å². The normalized spacial score (nSPS) is 20.9. The topological polar surface area (TPSA) is 98.1 Å². The van der Waals surface area contributed by atoms with Crippen LogP contribution < -0.4 is 11.5 Å². The van der Waals surface area contributed by atoms with Crippen LogP contribution in [0.1, 0.15) is 27.9 Å². The van der Waals surface area contributed by atoms with Gasteiger partial charge >= 0.3 is 0 Å². The van der Waals surface area contributed by atoms with Gasteiger partial charge in [0.1, 0.15) is 17.2 Å². The highest BCUT2D eigenvalue weighted by molar-refractivity contribution is 7.99. The lowest BCUT2D eigenvalue weighted by atomic mass is 10.2. The maximum absolute atomic E-state index is 11.2. The maximum atomic E-state index is 11.2. The van der Waals surface area contributed by atoms with Crippen molar-refractivity contribution < 1.29 is 4.79 Å². The molecule has 6 nitrogen and oxygen atoms in total. The number of nitrogens with zero attached hydrogens (tertiary/aromatic N) is 3. The minimum atomic E-state index is -0.581. The molecule has 2 heterocycles. The molecule has 98 valence electrons. The van der Waals surface area contributed by atoms with Crippen molar-refractivity contribution >= 4 is 23.5 Å². The molecule has 0 spiro atoms. The first-order chi connectivity index (χ1) is 8.50. The number of aromatic nitrogens is 2. The zero-order valence-electron chi connectivity index (χ0n) is 10.5. The second kappa shape index (κ2) is 5.11. The Kier molecular flexibility index (Phi) is 3.72. The molecule has 0 bridgehead atoms. The molecule has 4 N–H and O–H groups in total. The molecule has 1 fully saturated rings. The summed E-state index contributed by atoms with van der Waals surface area (Å²) >= 11 is 1.87. The number of thioether (sulfide) groups is 1. The van der Waals surface area contributed by atoms with Gasteiger partial charge in [-0.05, 0) is 14.0 Å². The van der Waals surface area contributed by atoms with Gasteiger partial charge in [0.15, 0.2) is 0 Å². The van der Waals surface area contributed by atoms with Gasteiger partial charge in [0.2, 0.25) is 0 Å². The summed E-state index contributed by atoms with van der Waals surface area (Å²) in [5.41, 5.74) is 11.8. The first kappa shape index (κ1) is 13.1. The third-order valence-corrected chi connectivity index (χ3v) is 4.10. The third kappa shape index (κ3) is 2.41. The molecule has 7 heteroatoms. The van der Waals surface area contributed by atoms with Crippen LogP contribution in [-0.2, 0) is 0 Å². The summed E-state index contributed by atoms with van der Waals surface area (Å²) in [4.78, 5) is 22.1. The zero-order valence-corrected chi connectivity index (χ0v) is 11.3. The second-order valence-corrected chi connectivity index (χ2v) is 5.51. The minimum Gasteiger partial charge on any atom is -0.383 e. The SMILES string of the molecule is Cc1nc(C2CSCCN2C)nc(N)c1C(N)=O. The van der Waals surface area contributed by atoms with Gasteiger partial charge in [-0.2, -0.15) is 11.8 Å². The van der Waals surface area contributed by atoms with Crippen molar-refractivity contribution in [2.45, 2.75) is 13.0 Å². The maximum Gasteiger partial charge on any atom is 0.254 e. The van der Waals surface area contributed by atoms with Gasteiger partial charge in [-0.25, -0.2) is 9.97 Å². The molecule has 1 atom stereocenters. The largest absolute Gasteiger partial charge is 0.383 e. The van der Waals surface area contributed by atoms with Crippen molar-refractivity contribution in [1.29, 1.82) is 0 Å². The summed E-state index contributed by atoms with van der Waals surface area (Å²) in [6, 6.07) is 0.145. The predicted octanol–water partition coefficient (Wildman–Crippen LogP) is 0.186. The summed E-state index contributed by atoms with van der Waals surface area (Å²) < 4.78 is 0. The highest BCUT2D eigenvalue weighted by Gasteiger charge is 2.25. The molecule has 1 saturated heterocycles. The molecule has 1 amide bonds. The van der Waals surface area contributed by atoms with Gasteiger partial charge < -0.3 is 11.5 Å². The lowest BCUT2D eigenvalue weighted by molar-refractivity contribution is 0.0999. The lowest BCUT2D eigenvalue weighted by Crippen LogP contribution is -2.34. The Morgan fingerprint density at radius 3 is 2.78 bits per heavy atom. The van der Waals surface area contributed by atoms with Crippen LogP contribution in [0.2, 0.25) is 0 Å². The monoisotopic (exact) mass is 267 g/mol. The fourth-order valence-corrected chi connectivity index (χ4v) is 3.24. The number of nitrogen functional groups attached to an aromatic ring is 1. The average molecular weight is 267 g/mol. The minimum absolute atomic E-state index is 0.145. The van der Waals surface area contributed by atoms with E-state index < -0.39 is 5.91 Å². The lowest BCUT2D eigenvalue weighted by Gasteiger charge is -2.31. The van der Waals surface area contributed by atoms with Crippen LogP contribution in [-0.4, -0.2) is 45.9 Å². The van der Waals surface area contributed by atoms with Gasteiger partial charge in [0, 0.05) is 18.1 Å². The van der Waals surface area contributed by atoms with E-state index in [1.165, 1.54) is 0 Å². The molecule has 1 aliphatic rings. The van der Waals surface area contributed by atoms with Crippen LogP contribution in [0.15, 0.2) is 0 Å². The van der Waals surface area contributed by atoms with Crippen LogP contribution in [0.4, 0.5) is 5.82 Å². The highest BCUT2D eigenvalue weighted by atomic mass is 32.2. The van der Waals surface area contributed by atoms with E-state index in [9.17, 15) is 4.79 Å². The standard InChI is InChI=1S/C11H17N5OS/c1-6-8(10(13)17)9(12)15-11(14-6)7-5-18-4-3-16(7)2/h7H,3-5H2,1-2H3,(H2,13,17)(H2,12,14,15). The van der Waals surface area contributed by atoms with Crippen molar-refractivity contribution in [3.05, 3.63) is 17.1 Å². The van der Waals surface area contributed by atoms with E-state index in [-0.39, 0.29) is 17.4 Å². The summed E-state index contributed by atoms with van der Waals surface area (Å²) in [5.74, 6) is 2.31. The van der Waals surface area contributed by atoms with Crippen molar-refractivity contribution in [3.63, 3.8) is 0 Å². The molecule has 0 aromatic carbocycles. The van der Waals surface area contributed by atoms with Crippen molar-refractivity contribution in [3.8, 4) is 0 Å². The number of hydrogen-bond donors (Lipinski definition) is 2. The Morgan fingerprint density at radius 1 is 1.50 bits per heavy atom. The fourth-order valence-electron chi connectivity index (χ4n) is 2.03. The van der Waals surface area contributed by atoms with Crippen LogP contribution in [0.5, 0.6) is 0 Å². The Hall–Kier alpha value is -1.34. The molecular weight excluding hydrogens is 250 g/mol. The second-order valence-electron chi connectivity index (χ2n) is 4.36. The molecule has 0 aliphatic carbocycles. The number of rotatable bonds is 2. The Labute approximate surface area is 110 Å². The molecule has 1 unspecified atom stereocenters. The van der Waals surface area contributed by atoms with Crippen LogP contribution in [0.25, 0.3) is 0 Å². The molecule has 1 aromatic heterocycles. The molecule has 1 aromatic rings. The number of aryl methyl sites for hydroxylation is 1. The zero-order chi connectivity index (χ0) is 13.3. The molecule has 1 aliphatic heterocycles. The third-order valence-electron chi connectivity index (χ3n) is 3.08. The van der Waals surface area contributed by atoms with Crippen molar-refractivity contribution in [1.82, 2.24) is 14.9 Å². The van der Waals surface area contributed by atoms with E-state index in [1.54, 1.807) is 6.92 Å². The van der Waals surface area contributed by atoms with E-state index in [4.69, 9.17) is 11.5 Å². The van der Waals surface area contributed by atoms with Crippen LogP contribution >= 0.6 is 11.8 Å². The Morgan fingerprint density at radius 2 is 2.22 bits per heavy atom. The summed E-state index contributed by atoms with van der Waals surface area (Å²) in [7, 11) is 2.04. The number of carbonyl (C=O) groups is 1. The van der Waals surface area contributed by atoms with Crippen LogP contribution in [0, 0.1) is 6.92 Å². The Balaban J connectivity index is 2.38. The molecule has 0 radical (unpaired) electrons. The first-order valence-electron chi connectivity index (χ1n) is 5.72. The van der Waals surface area contributed by atoms with Gasteiger partial charge in [-0.15, -0.1) is 0 Å². The van der Waals surface area contributed by atoms with E-state index in [0.29, 0.717) is 11.5 Å². The molecule has 18 heavy (non-hydrogen) atoms. The number of hydrogen-bond acceptors (Lipinski definition) is 6. The average Bonchev–Trinajstić information content (AvgIpc) is 2.27. The van der Waals surface area contributed by atoms with Crippen LogP contribution in [0.3, 0.4) is 0 Å². The van der Waals surface area contributed by atoms with E-state index in [0.717, 1.165) is 18.1 Å². The molecular formula is C11H17N5OS. The smallest absolute Gasteiger partial charge is 0.254 e. The number of amides is 1. The highest BCUT2D eigenvalue weighted by Crippen LogP contribution is 2.27. The van der Waals surface area contributed by atoms with Gasteiger partial charge in [0.05, 0.1) is 11.7 Å². The number of nitrogens with two attached hydrogens (primary N) is 2.